The number of carbonyl (C=O) groups is 1. The van der Waals surface area contributed by atoms with E-state index in [9.17, 15) is 4.79 Å². The normalized spacial score (nSPS) is 21.2. The molecular weight excluding hydrogens is 170 g/mol. The highest BCUT2D eigenvalue weighted by atomic mass is 16.5. The van der Waals surface area contributed by atoms with Crippen LogP contribution in [0.4, 0.5) is 0 Å². The molecule has 0 radical (unpaired) electrons. The summed E-state index contributed by atoms with van der Waals surface area (Å²) in [7, 11) is 1.39. The molecule has 1 fully saturated rings. The number of methoxy groups -OCH3 is 1. The van der Waals surface area contributed by atoms with Crippen LogP contribution in [0.1, 0.15) is 19.3 Å². The minimum Gasteiger partial charge on any atom is -0.464 e. The fourth-order valence-electron chi connectivity index (χ4n) is 1.68. The van der Waals surface area contributed by atoms with E-state index in [0.29, 0.717) is 5.70 Å². The van der Waals surface area contributed by atoms with Crippen LogP contribution < -0.4 is 11.0 Å². The van der Waals surface area contributed by atoms with Crippen molar-refractivity contribution in [3.63, 3.8) is 0 Å². The second-order valence-electron chi connectivity index (χ2n) is 3.16. The van der Waals surface area contributed by atoms with Gasteiger partial charge in [0, 0.05) is 6.54 Å². The Bertz CT molecular complexity index is 262. The number of allylic oxidation sites excluding steroid dienone is 1. The number of esters is 1. The van der Waals surface area contributed by atoms with Crippen LogP contribution in [-0.2, 0) is 9.53 Å². The Morgan fingerprint density at radius 1 is 1.54 bits per heavy atom. The molecule has 2 rings (SSSR count). The molecule has 0 aliphatic carbocycles. The Morgan fingerprint density at radius 2 is 2.38 bits per heavy atom. The third kappa shape index (κ3) is 1.35. The second-order valence-corrected chi connectivity index (χ2v) is 3.16. The van der Waals surface area contributed by atoms with Gasteiger partial charge in [-0.15, -0.1) is 5.53 Å². The molecule has 0 unspecified atom stereocenters. The maximum absolute atomic E-state index is 11.3. The van der Waals surface area contributed by atoms with Gasteiger partial charge >= 0.3 is 5.97 Å². The minimum atomic E-state index is -0.299. The van der Waals surface area contributed by atoms with E-state index in [4.69, 9.17) is 0 Å². The summed E-state index contributed by atoms with van der Waals surface area (Å²) in [5, 5.41) is 1.97. The van der Waals surface area contributed by atoms with Crippen LogP contribution in [0.15, 0.2) is 11.4 Å². The number of carbonyl (C=O) groups excluding carboxylic acids is 1. The summed E-state index contributed by atoms with van der Waals surface area (Å²) in [5.74, 6) is -0.299. The lowest BCUT2D eigenvalue weighted by molar-refractivity contribution is -0.136. The Morgan fingerprint density at radius 3 is 3.15 bits per heavy atom. The molecule has 0 bridgehead atoms. The summed E-state index contributed by atoms with van der Waals surface area (Å²) in [6.07, 6.45) is 3.23. The zero-order valence-electron chi connectivity index (χ0n) is 7.59. The van der Waals surface area contributed by atoms with Gasteiger partial charge in [-0.2, -0.15) is 0 Å². The molecule has 0 aromatic heterocycles. The average Bonchev–Trinajstić information content (AvgIpc) is 2.60. The molecule has 0 amide bonds. The van der Waals surface area contributed by atoms with Crippen molar-refractivity contribution < 1.29 is 9.53 Å². The van der Waals surface area contributed by atoms with Crippen LogP contribution in [0.5, 0.6) is 0 Å². The van der Waals surface area contributed by atoms with Gasteiger partial charge in [0.25, 0.3) is 0 Å². The lowest BCUT2D eigenvalue weighted by atomic mass is 10.1. The van der Waals surface area contributed by atoms with Gasteiger partial charge in [-0.1, -0.05) is 0 Å². The van der Waals surface area contributed by atoms with Crippen molar-refractivity contribution in [1.82, 2.24) is 16.0 Å². The number of hydrogen-bond donors (Lipinski definition) is 2. The molecule has 13 heavy (non-hydrogen) atoms. The van der Waals surface area contributed by atoms with Crippen LogP contribution in [0.3, 0.4) is 0 Å². The monoisotopic (exact) mass is 183 g/mol. The van der Waals surface area contributed by atoms with E-state index in [1.165, 1.54) is 7.11 Å². The summed E-state index contributed by atoms with van der Waals surface area (Å²) < 4.78 is 4.66. The third-order valence-electron chi connectivity index (χ3n) is 2.37. The fourth-order valence-corrected chi connectivity index (χ4v) is 1.68. The lowest BCUT2D eigenvalue weighted by Gasteiger charge is -2.25. The molecule has 5 heteroatoms. The Kier molecular flexibility index (Phi) is 2.10. The first-order chi connectivity index (χ1) is 6.33. The highest BCUT2D eigenvalue weighted by Crippen LogP contribution is 2.23. The number of nitrogens with one attached hydrogen (secondary N) is 2. The van der Waals surface area contributed by atoms with E-state index in [0.717, 1.165) is 31.5 Å². The van der Waals surface area contributed by atoms with Gasteiger partial charge in [0.15, 0.2) is 5.70 Å². The van der Waals surface area contributed by atoms with E-state index in [-0.39, 0.29) is 5.97 Å². The van der Waals surface area contributed by atoms with Gasteiger partial charge in [-0.05, 0) is 19.3 Å². The minimum absolute atomic E-state index is 0.299. The topological polar surface area (TPSA) is 53.6 Å². The number of ether oxygens (including phenoxy) is 1. The van der Waals surface area contributed by atoms with Crippen molar-refractivity contribution in [2.24, 2.45) is 0 Å². The van der Waals surface area contributed by atoms with Gasteiger partial charge in [0.2, 0.25) is 0 Å². The summed E-state index contributed by atoms with van der Waals surface area (Å²) >= 11 is 0. The Balaban J connectivity index is 2.20. The first kappa shape index (κ1) is 8.37. The van der Waals surface area contributed by atoms with E-state index in [2.05, 4.69) is 15.7 Å². The fraction of sp³-hybridized carbons (Fsp3) is 0.625. The largest absolute Gasteiger partial charge is 0.464 e. The first-order valence-corrected chi connectivity index (χ1v) is 4.43. The second kappa shape index (κ2) is 3.26. The quantitative estimate of drug-likeness (QED) is 0.555. The van der Waals surface area contributed by atoms with Gasteiger partial charge < -0.3 is 4.74 Å². The van der Waals surface area contributed by atoms with E-state index < -0.39 is 0 Å². The van der Waals surface area contributed by atoms with Crippen molar-refractivity contribution >= 4 is 5.97 Å². The van der Waals surface area contributed by atoms with Gasteiger partial charge in [0.1, 0.15) is 0 Å². The van der Waals surface area contributed by atoms with Crippen molar-refractivity contribution in [2.45, 2.75) is 19.3 Å². The Labute approximate surface area is 76.7 Å². The zero-order chi connectivity index (χ0) is 9.26. The third-order valence-corrected chi connectivity index (χ3v) is 2.37. The van der Waals surface area contributed by atoms with Crippen molar-refractivity contribution in [3.05, 3.63) is 11.4 Å². The summed E-state index contributed by atoms with van der Waals surface area (Å²) in [6, 6.07) is 0. The molecule has 1 saturated heterocycles. The smallest absolute Gasteiger partial charge is 0.357 e. The van der Waals surface area contributed by atoms with Gasteiger partial charge in [-0.25, -0.2) is 4.79 Å². The SMILES string of the molecule is COC(=O)C1=C2CCCCN2NN1. The van der Waals surface area contributed by atoms with Crippen LogP contribution in [0, 0.1) is 0 Å². The van der Waals surface area contributed by atoms with Crippen LogP contribution in [0.25, 0.3) is 0 Å². The molecule has 2 N–H and O–H groups in total. The molecule has 5 nitrogen and oxygen atoms in total. The van der Waals surface area contributed by atoms with E-state index >= 15 is 0 Å². The van der Waals surface area contributed by atoms with Gasteiger partial charge in [-0.3, -0.25) is 10.4 Å². The molecule has 2 aliphatic heterocycles. The van der Waals surface area contributed by atoms with E-state index in [1.54, 1.807) is 0 Å². The van der Waals surface area contributed by atoms with Crippen molar-refractivity contribution in [3.8, 4) is 0 Å². The number of hydrazine groups is 2. The lowest BCUT2D eigenvalue weighted by Crippen LogP contribution is -2.40. The highest BCUT2D eigenvalue weighted by molar-refractivity contribution is 5.88. The maximum Gasteiger partial charge on any atom is 0.357 e. The molecular formula is C8H13N3O2. The van der Waals surface area contributed by atoms with Crippen LogP contribution >= 0.6 is 0 Å². The number of hydrogen-bond acceptors (Lipinski definition) is 5. The molecule has 0 atom stereocenters. The van der Waals surface area contributed by atoms with Crippen molar-refractivity contribution in [1.29, 1.82) is 0 Å². The first-order valence-electron chi connectivity index (χ1n) is 4.43. The van der Waals surface area contributed by atoms with Crippen molar-refractivity contribution in [2.75, 3.05) is 13.7 Å². The van der Waals surface area contributed by atoms with Gasteiger partial charge in [0.05, 0.1) is 12.8 Å². The predicted molar refractivity (Wildman–Crippen MR) is 45.9 cm³/mol. The van der Waals surface area contributed by atoms with Crippen LogP contribution in [0.2, 0.25) is 0 Å². The maximum atomic E-state index is 11.3. The molecule has 0 saturated carbocycles. The standard InChI is InChI=1S/C8H13N3O2/c1-13-8(12)7-6-4-2-3-5-11(6)10-9-7/h9-10H,2-5H2,1H3. The molecule has 2 heterocycles. The highest BCUT2D eigenvalue weighted by Gasteiger charge is 2.28. The predicted octanol–water partition coefficient (Wildman–Crippen LogP) is -0.120. The molecule has 0 aromatic carbocycles. The van der Waals surface area contributed by atoms with Crippen LogP contribution in [-0.4, -0.2) is 24.6 Å². The molecule has 0 spiro atoms. The average molecular weight is 183 g/mol. The number of fused-ring (bicyclic) bond motifs is 1. The molecule has 72 valence electrons. The zero-order valence-corrected chi connectivity index (χ0v) is 7.59. The summed E-state index contributed by atoms with van der Waals surface area (Å²) in [6.45, 7) is 0.947. The Hall–Kier alpha value is -1.23. The van der Waals surface area contributed by atoms with E-state index in [1.807, 2.05) is 5.01 Å². The molecule has 0 aromatic rings. The summed E-state index contributed by atoms with van der Waals surface area (Å²) in [4.78, 5) is 11.3. The number of rotatable bonds is 1. The number of piperidine rings is 1. The number of nitrogens with zero attached hydrogens (tertiary/aromatic N) is 1. The molecule has 2 aliphatic rings. The summed E-state index contributed by atoms with van der Waals surface area (Å²) in [5.41, 5.74) is 7.35.